The van der Waals surface area contributed by atoms with Crippen LogP contribution in [0.1, 0.15) is 47.7 Å². The first-order valence-corrected chi connectivity index (χ1v) is 10.6. The highest BCUT2D eigenvalue weighted by Crippen LogP contribution is 2.43. The first kappa shape index (κ1) is 20.9. The number of nitrogens with zero attached hydrogens (tertiary/aromatic N) is 1. The number of aliphatic imine (C=N–C) groups is 1. The first-order chi connectivity index (χ1) is 14.2. The molecule has 0 atom stereocenters. The van der Waals surface area contributed by atoms with Gasteiger partial charge in [0.1, 0.15) is 0 Å². The van der Waals surface area contributed by atoms with Crippen LogP contribution < -0.4 is 16.0 Å². The molecule has 1 fully saturated rings. The summed E-state index contributed by atoms with van der Waals surface area (Å²) in [6.45, 7) is 4.48. The molecule has 0 saturated heterocycles. The van der Waals surface area contributed by atoms with Crippen molar-refractivity contribution in [3.63, 3.8) is 0 Å². The monoisotopic (exact) mass is 392 g/mol. The van der Waals surface area contributed by atoms with Crippen LogP contribution in [0.15, 0.2) is 59.6 Å². The van der Waals surface area contributed by atoms with Crippen molar-refractivity contribution in [1.29, 1.82) is 0 Å². The second-order valence-electron chi connectivity index (χ2n) is 7.65. The summed E-state index contributed by atoms with van der Waals surface area (Å²) in [5.74, 6) is 0.804. The number of rotatable bonds is 8. The molecule has 1 saturated carbocycles. The van der Waals surface area contributed by atoms with Crippen molar-refractivity contribution in [2.24, 2.45) is 4.99 Å². The molecule has 0 heterocycles. The van der Waals surface area contributed by atoms with Crippen molar-refractivity contribution in [2.45, 2.75) is 38.0 Å². The predicted octanol–water partition coefficient (Wildman–Crippen LogP) is 3.27. The first-order valence-electron chi connectivity index (χ1n) is 10.6. The van der Waals surface area contributed by atoms with Gasteiger partial charge in [0.05, 0.1) is 6.54 Å². The van der Waals surface area contributed by atoms with Gasteiger partial charge in [-0.05, 0) is 49.4 Å². The Morgan fingerprint density at radius 2 is 1.86 bits per heavy atom. The molecular formula is C24H32N4O. The maximum absolute atomic E-state index is 11.8. The second-order valence-corrected chi connectivity index (χ2v) is 7.65. The summed E-state index contributed by atoms with van der Waals surface area (Å²) in [4.78, 5) is 16.7. The summed E-state index contributed by atoms with van der Waals surface area (Å²) in [5, 5.41) is 9.47. The molecule has 3 rings (SSSR count). The topological polar surface area (TPSA) is 65.5 Å². The standard InChI is InChI=1S/C24H32N4O/c1-3-26-23(27-16-13-19-9-7-10-20(17-19)22(29)25-2)28-18-24(14-8-15-24)21-11-5-4-6-12-21/h4-7,9-12,17H,3,8,13-16,18H2,1-2H3,(H,25,29)(H2,26,27,28). The molecule has 1 aliphatic rings. The van der Waals surface area contributed by atoms with Crippen LogP contribution in [0.2, 0.25) is 0 Å². The lowest BCUT2D eigenvalue weighted by Crippen LogP contribution is -2.42. The number of nitrogens with one attached hydrogen (secondary N) is 3. The molecule has 29 heavy (non-hydrogen) atoms. The van der Waals surface area contributed by atoms with Crippen LogP contribution in [0.4, 0.5) is 0 Å². The quantitative estimate of drug-likeness (QED) is 0.477. The van der Waals surface area contributed by atoms with Crippen LogP contribution in [0.3, 0.4) is 0 Å². The molecule has 154 valence electrons. The van der Waals surface area contributed by atoms with E-state index in [1.54, 1.807) is 7.05 Å². The zero-order valence-electron chi connectivity index (χ0n) is 17.5. The van der Waals surface area contributed by atoms with Crippen LogP contribution >= 0.6 is 0 Å². The number of carbonyl (C=O) groups excluding carboxylic acids is 1. The molecule has 3 N–H and O–H groups in total. The number of hydrogen-bond donors (Lipinski definition) is 3. The number of benzene rings is 2. The number of carbonyl (C=O) groups is 1. The maximum Gasteiger partial charge on any atom is 0.251 e. The lowest BCUT2D eigenvalue weighted by atomic mass is 9.64. The summed E-state index contributed by atoms with van der Waals surface area (Å²) < 4.78 is 0. The summed E-state index contributed by atoms with van der Waals surface area (Å²) in [5.41, 5.74) is 3.41. The molecule has 0 bridgehead atoms. The largest absolute Gasteiger partial charge is 0.357 e. The third kappa shape index (κ3) is 5.37. The van der Waals surface area contributed by atoms with Crippen molar-refractivity contribution < 1.29 is 4.79 Å². The molecule has 2 aromatic carbocycles. The molecule has 0 spiro atoms. The van der Waals surface area contributed by atoms with Gasteiger partial charge in [-0.3, -0.25) is 9.79 Å². The van der Waals surface area contributed by atoms with Gasteiger partial charge in [-0.15, -0.1) is 0 Å². The fraction of sp³-hybridized carbons (Fsp3) is 0.417. The lowest BCUT2D eigenvalue weighted by molar-refractivity contribution is 0.0963. The summed E-state index contributed by atoms with van der Waals surface area (Å²) in [6, 6.07) is 18.5. The number of guanidine groups is 1. The normalized spacial score (nSPS) is 15.3. The average molecular weight is 393 g/mol. The number of amides is 1. The van der Waals surface area contributed by atoms with Gasteiger partial charge in [0.15, 0.2) is 5.96 Å². The molecule has 5 nitrogen and oxygen atoms in total. The molecule has 0 unspecified atom stereocenters. The average Bonchev–Trinajstić information content (AvgIpc) is 2.73. The zero-order chi connectivity index (χ0) is 20.5. The molecule has 1 aliphatic carbocycles. The van der Waals surface area contributed by atoms with Crippen LogP contribution in [-0.2, 0) is 11.8 Å². The Balaban J connectivity index is 1.59. The molecule has 1 amide bonds. The molecular weight excluding hydrogens is 360 g/mol. The van der Waals surface area contributed by atoms with Crippen LogP contribution in [-0.4, -0.2) is 38.5 Å². The van der Waals surface area contributed by atoms with Crippen molar-refractivity contribution in [1.82, 2.24) is 16.0 Å². The molecule has 5 heteroatoms. The Labute approximate surface area is 174 Å². The van der Waals surface area contributed by atoms with Gasteiger partial charge in [-0.2, -0.15) is 0 Å². The fourth-order valence-electron chi connectivity index (χ4n) is 3.84. The van der Waals surface area contributed by atoms with E-state index in [1.807, 2.05) is 18.2 Å². The van der Waals surface area contributed by atoms with Crippen LogP contribution in [0, 0.1) is 0 Å². The highest BCUT2D eigenvalue weighted by molar-refractivity contribution is 5.94. The molecule has 0 aliphatic heterocycles. The van der Waals surface area contributed by atoms with Crippen LogP contribution in [0.25, 0.3) is 0 Å². The van der Waals surface area contributed by atoms with Gasteiger partial charge in [0, 0.05) is 31.1 Å². The van der Waals surface area contributed by atoms with Crippen molar-refractivity contribution in [3.05, 3.63) is 71.3 Å². The third-order valence-corrected chi connectivity index (χ3v) is 5.70. The zero-order valence-corrected chi connectivity index (χ0v) is 17.5. The Morgan fingerprint density at radius 3 is 2.52 bits per heavy atom. The van der Waals surface area contributed by atoms with Crippen molar-refractivity contribution in [2.75, 3.05) is 26.7 Å². The lowest BCUT2D eigenvalue weighted by Gasteiger charge is -2.41. The molecule has 2 aromatic rings. The van der Waals surface area contributed by atoms with E-state index in [0.717, 1.165) is 37.6 Å². The minimum atomic E-state index is -0.0542. The highest BCUT2D eigenvalue weighted by atomic mass is 16.1. The van der Waals surface area contributed by atoms with E-state index >= 15 is 0 Å². The van der Waals surface area contributed by atoms with Gasteiger partial charge in [0.25, 0.3) is 5.91 Å². The van der Waals surface area contributed by atoms with Gasteiger partial charge < -0.3 is 16.0 Å². The van der Waals surface area contributed by atoms with Crippen molar-refractivity contribution >= 4 is 11.9 Å². The molecule has 0 radical (unpaired) electrons. The van der Waals surface area contributed by atoms with E-state index in [-0.39, 0.29) is 11.3 Å². The molecule has 0 aromatic heterocycles. The Hall–Kier alpha value is -2.82. The van der Waals surface area contributed by atoms with Gasteiger partial charge in [-0.1, -0.05) is 48.9 Å². The Bertz CT molecular complexity index is 828. The maximum atomic E-state index is 11.8. The van der Waals surface area contributed by atoms with E-state index < -0.39 is 0 Å². The van der Waals surface area contributed by atoms with E-state index in [2.05, 4.69) is 59.3 Å². The van der Waals surface area contributed by atoms with E-state index in [0.29, 0.717) is 5.56 Å². The summed E-state index contributed by atoms with van der Waals surface area (Å²) in [7, 11) is 1.65. The third-order valence-electron chi connectivity index (χ3n) is 5.70. The van der Waals surface area contributed by atoms with Gasteiger partial charge >= 0.3 is 0 Å². The minimum Gasteiger partial charge on any atom is -0.357 e. The smallest absolute Gasteiger partial charge is 0.251 e. The minimum absolute atomic E-state index is 0.0542. The van der Waals surface area contributed by atoms with Crippen molar-refractivity contribution in [3.8, 4) is 0 Å². The summed E-state index contributed by atoms with van der Waals surface area (Å²) >= 11 is 0. The SMILES string of the molecule is CCNC(=NCC1(c2ccccc2)CCC1)NCCc1cccc(C(=O)NC)c1. The van der Waals surface area contributed by atoms with E-state index in [4.69, 9.17) is 4.99 Å². The second kappa shape index (κ2) is 10.1. The van der Waals surface area contributed by atoms with Gasteiger partial charge in [-0.25, -0.2) is 0 Å². The highest BCUT2D eigenvalue weighted by Gasteiger charge is 2.38. The number of hydrogen-bond acceptors (Lipinski definition) is 2. The van der Waals surface area contributed by atoms with E-state index in [1.165, 1.54) is 24.8 Å². The van der Waals surface area contributed by atoms with Gasteiger partial charge in [0.2, 0.25) is 0 Å². The van der Waals surface area contributed by atoms with Crippen LogP contribution in [0.5, 0.6) is 0 Å². The van der Waals surface area contributed by atoms with E-state index in [9.17, 15) is 4.79 Å². The Morgan fingerprint density at radius 1 is 1.07 bits per heavy atom. The fourth-order valence-corrected chi connectivity index (χ4v) is 3.84. The predicted molar refractivity (Wildman–Crippen MR) is 119 cm³/mol. The summed E-state index contributed by atoms with van der Waals surface area (Å²) in [6.07, 6.45) is 4.51. The Kier molecular flexibility index (Phi) is 7.28.